The van der Waals surface area contributed by atoms with Crippen molar-refractivity contribution in [3.05, 3.63) is 47.6 Å². The second kappa shape index (κ2) is 8.33. The molecule has 2 N–H and O–H groups in total. The van der Waals surface area contributed by atoms with Crippen molar-refractivity contribution in [1.29, 1.82) is 0 Å². The highest BCUT2D eigenvalue weighted by Gasteiger charge is 2.25. The summed E-state index contributed by atoms with van der Waals surface area (Å²) in [6.07, 6.45) is 0.593. The van der Waals surface area contributed by atoms with Gasteiger partial charge in [0.25, 0.3) is 0 Å². The van der Waals surface area contributed by atoms with Gasteiger partial charge in [-0.25, -0.2) is 0 Å². The first kappa shape index (κ1) is 17.8. The Labute approximate surface area is 145 Å². The van der Waals surface area contributed by atoms with Gasteiger partial charge in [-0.05, 0) is 12.5 Å². The molecule has 0 radical (unpaired) electrons. The molecule has 0 bridgehead atoms. The van der Waals surface area contributed by atoms with E-state index < -0.39 is 0 Å². The molecular weight excluding hydrogens is 336 g/mol. The van der Waals surface area contributed by atoms with Crippen LogP contribution in [0.1, 0.15) is 30.2 Å². The summed E-state index contributed by atoms with van der Waals surface area (Å²) in [6, 6.07) is 9.54. The molecule has 3 rings (SSSR count). The van der Waals surface area contributed by atoms with E-state index in [-0.39, 0.29) is 30.4 Å². The lowest BCUT2D eigenvalue weighted by atomic mass is 10.1. The highest BCUT2D eigenvalue weighted by Crippen LogP contribution is 2.14. The Morgan fingerprint density at radius 2 is 2.26 bits per heavy atom. The van der Waals surface area contributed by atoms with E-state index in [4.69, 9.17) is 4.52 Å². The van der Waals surface area contributed by atoms with Crippen LogP contribution in [-0.2, 0) is 11.2 Å². The molecule has 1 fully saturated rings. The molecule has 1 aromatic carbocycles. The Morgan fingerprint density at radius 1 is 1.48 bits per heavy atom. The van der Waals surface area contributed by atoms with Crippen molar-refractivity contribution in [2.45, 2.75) is 25.4 Å². The van der Waals surface area contributed by atoms with Crippen LogP contribution in [-0.4, -0.2) is 33.7 Å². The summed E-state index contributed by atoms with van der Waals surface area (Å²) in [5.74, 6) is 2.65. The van der Waals surface area contributed by atoms with Gasteiger partial charge in [0, 0.05) is 11.6 Å². The number of thioether (sulfide) groups is 1. The number of amides is 1. The lowest BCUT2D eigenvalue weighted by Crippen LogP contribution is -2.43. The summed E-state index contributed by atoms with van der Waals surface area (Å²) >= 11 is 1.72. The van der Waals surface area contributed by atoms with Crippen molar-refractivity contribution in [1.82, 2.24) is 20.8 Å². The van der Waals surface area contributed by atoms with Crippen LogP contribution in [0.2, 0.25) is 0 Å². The highest BCUT2D eigenvalue weighted by molar-refractivity contribution is 7.99. The number of nitrogens with zero attached hydrogens (tertiary/aromatic N) is 2. The number of hydrogen-bond donors (Lipinski definition) is 2. The number of carbonyl (C=O) groups excluding carboxylic acids is 1. The summed E-state index contributed by atoms with van der Waals surface area (Å²) in [6.45, 7) is 1.86. The fourth-order valence-corrected chi connectivity index (χ4v) is 3.17. The molecule has 8 heteroatoms. The second-order valence-corrected chi connectivity index (χ2v) is 6.24. The first-order valence-corrected chi connectivity index (χ1v) is 8.36. The quantitative estimate of drug-likeness (QED) is 0.854. The number of benzene rings is 1. The van der Waals surface area contributed by atoms with Crippen molar-refractivity contribution >= 4 is 30.1 Å². The maximum atomic E-state index is 12.1. The summed E-state index contributed by atoms with van der Waals surface area (Å²) < 4.78 is 5.26. The Balaban J connectivity index is 0.00000192. The maximum Gasteiger partial charge on any atom is 0.238 e. The molecule has 1 aliphatic heterocycles. The van der Waals surface area contributed by atoms with Crippen LogP contribution in [0.3, 0.4) is 0 Å². The Kier molecular flexibility index (Phi) is 6.44. The fraction of sp³-hybridized carbons (Fsp3) is 0.400. The van der Waals surface area contributed by atoms with E-state index in [1.807, 2.05) is 37.3 Å². The van der Waals surface area contributed by atoms with Crippen LogP contribution in [0, 0.1) is 0 Å². The van der Waals surface area contributed by atoms with Crippen molar-refractivity contribution < 1.29 is 9.32 Å². The molecule has 0 saturated carbocycles. The van der Waals surface area contributed by atoms with Crippen molar-refractivity contribution in [2.24, 2.45) is 0 Å². The van der Waals surface area contributed by atoms with E-state index in [1.165, 1.54) is 0 Å². The van der Waals surface area contributed by atoms with Crippen LogP contribution in [0.15, 0.2) is 34.9 Å². The molecule has 1 saturated heterocycles. The van der Waals surface area contributed by atoms with Crippen LogP contribution in [0.5, 0.6) is 0 Å². The number of nitrogens with one attached hydrogen (secondary N) is 2. The fourth-order valence-electron chi connectivity index (χ4n) is 2.23. The van der Waals surface area contributed by atoms with Crippen LogP contribution in [0.25, 0.3) is 0 Å². The van der Waals surface area contributed by atoms with Gasteiger partial charge in [0.05, 0.1) is 18.5 Å². The van der Waals surface area contributed by atoms with E-state index in [9.17, 15) is 4.79 Å². The molecule has 0 spiro atoms. The molecule has 0 aliphatic carbocycles. The first-order valence-electron chi connectivity index (χ1n) is 7.20. The third-order valence-electron chi connectivity index (χ3n) is 3.46. The average Bonchev–Trinajstić information content (AvgIpc) is 3.19. The summed E-state index contributed by atoms with van der Waals surface area (Å²) in [5, 5.41) is 10.0. The standard InChI is InChI=1S/C15H18N4O2S.ClH/c1-10(17-15(20)12-8-22-9-16-12)14-18-13(21-19-14)7-11-5-3-2-4-6-11;/h2-6,10,12,16H,7-9H2,1H3,(H,17,20);1H. The SMILES string of the molecule is CC(NC(=O)C1CSCN1)c1noc(Cc2ccccc2)n1.Cl. The number of halogens is 1. The molecule has 6 nitrogen and oxygen atoms in total. The zero-order valence-electron chi connectivity index (χ0n) is 12.7. The molecule has 2 unspecified atom stereocenters. The number of rotatable bonds is 5. The van der Waals surface area contributed by atoms with Gasteiger partial charge in [-0.1, -0.05) is 35.5 Å². The van der Waals surface area contributed by atoms with Gasteiger partial charge in [-0.15, -0.1) is 24.2 Å². The highest BCUT2D eigenvalue weighted by atomic mass is 35.5. The Bertz CT molecular complexity index is 631. The minimum atomic E-state index is -0.270. The predicted molar refractivity (Wildman–Crippen MR) is 91.6 cm³/mol. The Hall–Kier alpha value is -1.57. The van der Waals surface area contributed by atoms with Gasteiger partial charge < -0.3 is 9.84 Å². The van der Waals surface area contributed by atoms with Crippen molar-refractivity contribution in [3.63, 3.8) is 0 Å². The monoisotopic (exact) mass is 354 g/mol. The molecule has 23 heavy (non-hydrogen) atoms. The van der Waals surface area contributed by atoms with Gasteiger partial charge in [0.15, 0.2) is 5.82 Å². The van der Waals surface area contributed by atoms with E-state index in [0.717, 1.165) is 17.2 Å². The minimum Gasteiger partial charge on any atom is -0.345 e. The van der Waals surface area contributed by atoms with Gasteiger partial charge in [0.2, 0.25) is 11.8 Å². The molecular formula is C15H19ClN4O2S. The molecule has 124 valence electrons. The zero-order chi connectivity index (χ0) is 15.4. The van der Waals surface area contributed by atoms with Gasteiger partial charge in [0.1, 0.15) is 0 Å². The van der Waals surface area contributed by atoms with E-state index in [1.54, 1.807) is 11.8 Å². The topological polar surface area (TPSA) is 80.0 Å². The summed E-state index contributed by atoms with van der Waals surface area (Å²) in [7, 11) is 0. The smallest absolute Gasteiger partial charge is 0.238 e. The molecule has 2 atom stereocenters. The van der Waals surface area contributed by atoms with E-state index in [0.29, 0.717) is 18.1 Å². The predicted octanol–water partition coefficient (Wildman–Crippen LogP) is 1.92. The lowest BCUT2D eigenvalue weighted by molar-refractivity contribution is -0.123. The summed E-state index contributed by atoms with van der Waals surface area (Å²) in [4.78, 5) is 16.4. The number of hydrogen-bond acceptors (Lipinski definition) is 6. The first-order chi connectivity index (χ1) is 10.7. The molecule has 2 aromatic rings. The number of carbonyl (C=O) groups is 1. The Morgan fingerprint density at radius 3 is 2.96 bits per heavy atom. The molecule has 1 aromatic heterocycles. The summed E-state index contributed by atoms with van der Waals surface area (Å²) in [5.41, 5.74) is 1.11. The zero-order valence-corrected chi connectivity index (χ0v) is 14.3. The van der Waals surface area contributed by atoms with Crippen LogP contribution < -0.4 is 10.6 Å². The van der Waals surface area contributed by atoms with Crippen molar-refractivity contribution in [2.75, 3.05) is 11.6 Å². The van der Waals surface area contributed by atoms with Gasteiger partial charge in [-0.3, -0.25) is 10.1 Å². The van der Waals surface area contributed by atoms with E-state index >= 15 is 0 Å². The molecule has 1 amide bonds. The van der Waals surface area contributed by atoms with E-state index in [2.05, 4.69) is 20.8 Å². The van der Waals surface area contributed by atoms with Gasteiger partial charge >= 0.3 is 0 Å². The minimum absolute atomic E-state index is 0. The largest absolute Gasteiger partial charge is 0.345 e. The van der Waals surface area contributed by atoms with Crippen LogP contribution in [0.4, 0.5) is 0 Å². The maximum absolute atomic E-state index is 12.1. The second-order valence-electron chi connectivity index (χ2n) is 5.21. The third kappa shape index (κ3) is 4.70. The lowest BCUT2D eigenvalue weighted by Gasteiger charge is -2.13. The average molecular weight is 355 g/mol. The van der Waals surface area contributed by atoms with Gasteiger partial charge in [-0.2, -0.15) is 4.98 Å². The normalized spacial score (nSPS) is 18.2. The third-order valence-corrected chi connectivity index (χ3v) is 4.40. The van der Waals surface area contributed by atoms with Crippen molar-refractivity contribution in [3.8, 4) is 0 Å². The molecule has 2 heterocycles. The van der Waals surface area contributed by atoms with Crippen LogP contribution >= 0.6 is 24.2 Å². The molecule has 1 aliphatic rings. The number of aromatic nitrogens is 2.